The van der Waals surface area contributed by atoms with E-state index < -0.39 is 11.6 Å². The van der Waals surface area contributed by atoms with Gasteiger partial charge in [0.2, 0.25) is 11.6 Å². The van der Waals surface area contributed by atoms with E-state index in [1.807, 2.05) is 0 Å². The van der Waals surface area contributed by atoms with Gasteiger partial charge in [-0.2, -0.15) is 10.5 Å². The normalized spacial score (nSPS) is 14.1. The van der Waals surface area contributed by atoms with E-state index in [0.29, 0.717) is 0 Å². The molecule has 0 fully saturated rings. The lowest BCUT2D eigenvalue weighted by atomic mass is 9.85. The van der Waals surface area contributed by atoms with Crippen molar-refractivity contribution in [3.63, 3.8) is 0 Å². The average Bonchev–Trinajstić information content (AvgIpc) is 2.33. The molecule has 0 saturated carbocycles. The van der Waals surface area contributed by atoms with Crippen LogP contribution in [0.4, 0.5) is 0 Å². The molecule has 1 aliphatic carbocycles. The molecule has 1 aliphatic rings. The summed E-state index contributed by atoms with van der Waals surface area (Å²) in [6, 6.07) is 9.39. The third kappa shape index (κ3) is 1.14. The Morgan fingerprint density at radius 1 is 0.812 bits per heavy atom. The van der Waals surface area contributed by atoms with Gasteiger partial charge in [0.05, 0.1) is 0 Å². The van der Waals surface area contributed by atoms with Crippen molar-refractivity contribution in [3.8, 4) is 12.1 Å². The fourth-order valence-corrected chi connectivity index (χ4v) is 1.59. The number of fused-ring (bicyclic) bond motifs is 1. The van der Waals surface area contributed by atoms with Gasteiger partial charge in [-0.25, -0.2) is 0 Å². The van der Waals surface area contributed by atoms with Crippen LogP contribution in [-0.2, 0) is 0 Å². The first-order valence-electron chi connectivity index (χ1n) is 4.43. The number of nitriles is 2. The zero-order valence-corrected chi connectivity index (χ0v) is 8.02. The summed E-state index contributed by atoms with van der Waals surface area (Å²) < 4.78 is 0. The fraction of sp³-hybridized carbons (Fsp3) is 0. The SMILES string of the molecule is N#CC1=C(C#N)C(=O)c2ccccc2C1=O. The van der Waals surface area contributed by atoms with Crippen LogP contribution < -0.4 is 0 Å². The molecule has 1 aromatic rings. The molecule has 0 radical (unpaired) electrons. The zero-order valence-electron chi connectivity index (χ0n) is 8.02. The van der Waals surface area contributed by atoms with E-state index in [2.05, 4.69) is 0 Å². The van der Waals surface area contributed by atoms with E-state index in [0.717, 1.165) is 0 Å². The van der Waals surface area contributed by atoms with Crippen molar-refractivity contribution in [2.45, 2.75) is 0 Å². The number of benzene rings is 1. The Kier molecular flexibility index (Phi) is 2.12. The quantitative estimate of drug-likeness (QED) is 0.645. The summed E-state index contributed by atoms with van der Waals surface area (Å²) in [6.45, 7) is 0. The molecule has 0 N–H and O–H groups in total. The summed E-state index contributed by atoms with van der Waals surface area (Å²) in [5.41, 5.74) is -0.372. The van der Waals surface area contributed by atoms with Gasteiger partial charge in [-0.3, -0.25) is 9.59 Å². The third-order valence-electron chi connectivity index (χ3n) is 2.34. The second-order valence-corrected chi connectivity index (χ2v) is 3.18. The molecule has 0 aliphatic heterocycles. The summed E-state index contributed by atoms with van der Waals surface area (Å²) in [6.07, 6.45) is 0. The van der Waals surface area contributed by atoms with Crippen LogP contribution in [0.1, 0.15) is 20.7 Å². The minimum Gasteiger partial charge on any atom is -0.288 e. The van der Waals surface area contributed by atoms with Gasteiger partial charge in [-0.15, -0.1) is 0 Å². The van der Waals surface area contributed by atoms with Crippen LogP contribution in [0, 0.1) is 22.7 Å². The Hall–Kier alpha value is -2.72. The molecule has 0 heterocycles. The van der Waals surface area contributed by atoms with Crippen molar-refractivity contribution in [2.24, 2.45) is 0 Å². The highest BCUT2D eigenvalue weighted by Crippen LogP contribution is 2.25. The van der Waals surface area contributed by atoms with Gasteiger partial charge in [-0.1, -0.05) is 24.3 Å². The van der Waals surface area contributed by atoms with Gasteiger partial charge in [-0.05, 0) is 0 Å². The number of hydrogen-bond acceptors (Lipinski definition) is 4. The average molecular weight is 208 g/mol. The Morgan fingerprint density at radius 2 is 1.19 bits per heavy atom. The second-order valence-electron chi connectivity index (χ2n) is 3.18. The molecular formula is C12H4N2O2. The first-order valence-corrected chi connectivity index (χ1v) is 4.43. The number of ketones is 2. The fourth-order valence-electron chi connectivity index (χ4n) is 1.59. The number of rotatable bonds is 0. The molecule has 74 valence electrons. The standard InChI is InChI=1S/C12H4N2O2/c13-5-9-10(6-14)12(16)8-4-2-1-3-7(8)11(9)15/h1-4H. The van der Waals surface area contributed by atoms with Gasteiger partial charge in [0.25, 0.3) is 0 Å². The second kappa shape index (κ2) is 3.45. The number of Topliss-reactive ketones (excluding diaryl/α,β-unsaturated/α-hetero) is 2. The molecule has 2 rings (SSSR count). The van der Waals surface area contributed by atoms with Gasteiger partial charge in [0.1, 0.15) is 23.3 Å². The molecule has 0 atom stereocenters. The maximum Gasteiger partial charge on any atom is 0.205 e. The molecule has 4 nitrogen and oxygen atoms in total. The first-order chi connectivity index (χ1) is 7.70. The van der Waals surface area contributed by atoms with E-state index >= 15 is 0 Å². The van der Waals surface area contributed by atoms with Crippen LogP contribution in [-0.4, -0.2) is 11.6 Å². The van der Waals surface area contributed by atoms with Crippen LogP contribution in [0.5, 0.6) is 0 Å². The van der Waals surface area contributed by atoms with Crippen LogP contribution in [0.15, 0.2) is 35.4 Å². The minimum atomic E-state index is -0.561. The number of nitrogens with zero attached hydrogens (tertiary/aromatic N) is 2. The number of hydrogen-bond donors (Lipinski definition) is 0. The molecule has 0 unspecified atom stereocenters. The highest BCUT2D eigenvalue weighted by atomic mass is 16.1. The van der Waals surface area contributed by atoms with Crippen molar-refractivity contribution in [3.05, 3.63) is 46.5 Å². The first kappa shape index (κ1) is 9.82. The molecular weight excluding hydrogens is 204 g/mol. The molecule has 0 bridgehead atoms. The summed E-state index contributed by atoms with van der Waals surface area (Å²) in [4.78, 5) is 23.6. The Balaban J connectivity index is 2.79. The van der Waals surface area contributed by atoms with Gasteiger partial charge in [0.15, 0.2) is 0 Å². The van der Waals surface area contributed by atoms with E-state index in [1.165, 1.54) is 12.1 Å². The van der Waals surface area contributed by atoms with E-state index in [1.54, 1.807) is 24.3 Å². The van der Waals surface area contributed by atoms with Crippen LogP contribution in [0.25, 0.3) is 0 Å². The summed E-state index contributed by atoms with van der Waals surface area (Å²) >= 11 is 0. The van der Waals surface area contributed by atoms with E-state index in [4.69, 9.17) is 10.5 Å². The molecule has 1 aromatic carbocycles. The highest BCUT2D eigenvalue weighted by molar-refractivity contribution is 6.29. The minimum absolute atomic E-state index is 0.183. The smallest absolute Gasteiger partial charge is 0.205 e. The molecule has 0 saturated heterocycles. The number of carbonyl (C=O) groups is 2. The molecule has 0 spiro atoms. The predicted octanol–water partition coefficient (Wildman–Crippen LogP) is 1.41. The molecule has 0 amide bonds. The molecule has 0 aromatic heterocycles. The van der Waals surface area contributed by atoms with Crippen molar-refractivity contribution in [1.82, 2.24) is 0 Å². The lowest BCUT2D eigenvalue weighted by molar-refractivity contribution is 0.0982. The van der Waals surface area contributed by atoms with Gasteiger partial charge >= 0.3 is 0 Å². The number of carbonyl (C=O) groups excluding carboxylic acids is 2. The van der Waals surface area contributed by atoms with Gasteiger partial charge < -0.3 is 0 Å². The maximum atomic E-state index is 11.8. The Morgan fingerprint density at radius 3 is 1.50 bits per heavy atom. The highest BCUT2D eigenvalue weighted by Gasteiger charge is 2.31. The Labute approximate surface area is 91.0 Å². The lowest BCUT2D eigenvalue weighted by Crippen LogP contribution is -2.20. The van der Waals surface area contributed by atoms with Crippen LogP contribution >= 0.6 is 0 Å². The summed E-state index contributed by atoms with van der Waals surface area (Å²) in [5.74, 6) is -1.12. The van der Waals surface area contributed by atoms with E-state index in [-0.39, 0.29) is 22.3 Å². The molecule has 4 heteroatoms. The Bertz CT molecular complexity index is 572. The van der Waals surface area contributed by atoms with Crippen molar-refractivity contribution in [2.75, 3.05) is 0 Å². The number of allylic oxidation sites excluding steroid dienone is 2. The topological polar surface area (TPSA) is 81.7 Å². The largest absolute Gasteiger partial charge is 0.288 e. The predicted molar refractivity (Wildman–Crippen MR) is 53.4 cm³/mol. The monoisotopic (exact) mass is 208 g/mol. The third-order valence-corrected chi connectivity index (χ3v) is 2.34. The zero-order chi connectivity index (χ0) is 11.7. The molecule has 16 heavy (non-hydrogen) atoms. The summed E-state index contributed by atoms with van der Waals surface area (Å²) in [7, 11) is 0. The van der Waals surface area contributed by atoms with Crippen LogP contribution in [0.3, 0.4) is 0 Å². The summed E-state index contributed by atoms with van der Waals surface area (Å²) in [5, 5.41) is 17.5. The van der Waals surface area contributed by atoms with Crippen molar-refractivity contribution in [1.29, 1.82) is 10.5 Å². The van der Waals surface area contributed by atoms with E-state index in [9.17, 15) is 9.59 Å². The van der Waals surface area contributed by atoms with Crippen molar-refractivity contribution < 1.29 is 9.59 Å². The lowest BCUT2D eigenvalue weighted by Gasteiger charge is -2.12. The maximum absolute atomic E-state index is 11.8. The van der Waals surface area contributed by atoms with Gasteiger partial charge in [0, 0.05) is 11.1 Å². The van der Waals surface area contributed by atoms with Crippen molar-refractivity contribution >= 4 is 11.6 Å². The van der Waals surface area contributed by atoms with Crippen LogP contribution in [0.2, 0.25) is 0 Å².